The summed E-state index contributed by atoms with van der Waals surface area (Å²) in [5.41, 5.74) is 23.8. The van der Waals surface area contributed by atoms with E-state index in [1.165, 1.54) is 124 Å². The Balaban J connectivity index is 0.000000108. The third-order valence-corrected chi connectivity index (χ3v) is 26.1. The number of para-hydroxylation sites is 9. The maximum Gasteiger partial charge on any atom is 0.114 e. The molecule has 0 atom stereocenters. The fourth-order valence-electron chi connectivity index (χ4n) is 20.4. The van der Waals surface area contributed by atoms with E-state index in [4.69, 9.17) is 29.9 Å². The van der Waals surface area contributed by atoms with Gasteiger partial charge in [-0.2, -0.15) is 0 Å². The number of aryl methyl sites for hydroxylation is 3. The SMILES string of the molecule is CCc1nc2ccccc2n1-c1ccc(-c2cccc(-c3nc4ccccc4c4c5ccccc5c5ccccc5c34)c2)cc1.CCc1nc2ccccc2n1-c1cccc(-c2cccc(-c3nc4ccccc4c4c5ccccc5c5ccccc5c34)c2)c1.CCc1nc2ccccc2n1-c1cccc(-c2nc3ccccc3c3c4ccccc4c4ccccc4c23)c1. The Labute approximate surface area is 744 Å². The van der Waals surface area contributed by atoms with Gasteiger partial charge in [0.1, 0.15) is 17.5 Å². The molecule has 9 nitrogen and oxygen atoms in total. The number of hydrogen-bond acceptors (Lipinski definition) is 6. The molecule has 0 amide bonds. The van der Waals surface area contributed by atoms with Gasteiger partial charge in [-0.05, 0) is 190 Å². The first-order valence-electron chi connectivity index (χ1n) is 44.7. The predicted molar refractivity (Wildman–Crippen MR) is 542 cm³/mol. The van der Waals surface area contributed by atoms with E-state index in [1.807, 2.05) is 6.07 Å². The molecule has 0 aliphatic carbocycles. The lowest BCUT2D eigenvalue weighted by atomic mass is 9.89. The van der Waals surface area contributed by atoms with Gasteiger partial charge in [0, 0.05) is 101 Å². The summed E-state index contributed by atoms with van der Waals surface area (Å²) in [6.07, 6.45) is 2.58. The number of aromatic nitrogens is 9. The number of nitrogens with zero attached hydrogens (tertiary/aromatic N) is 9. The van der Waals surface area contributed by atoms with Gasteiger partial charge >= 0.3 is 0 Å². The summed E-state index contributed by atoms with van der Waals surface area (Å²) in [5.74, 6) is 3.19. The van der Waals surface area contributed by atoms with Gasteiger partial charge in [-0.1, -0.05) is 330 Å². The van der Waals surface area contributed by atoms with E-state index in [1.54, 1.807) is 0 Å². The van der Waals surface area contributed by atoms with E-state index in [-0.39, 0.29) is 0 Å². The molecule has 26 rings (SSSR count). The summed E-state index contributed by atoms with van der Waals surface area (Å²) in [4.78, 5) is 30.8. The molecule has 0 saturated heterocycles. The van der Waals surface area contributed by atoms with Crippen LogP contribution in [0.5, 0.6) is 0 Å². The van der Waals surface area contributed by atoms with Crippen LogP contribution in [-0.2, 0) is 19.3 Å². The van der Waals surface area contributed by atoms with Gasteiger partial charge in [-0.3, -0.25) is 13.7 Å². The Hall–Kier alpha value is -16.6. The molecule has 0 aliphatic rings. The zero-order valence-electron chi connectivity index (χ0n) is 71.4. The van der Waals surface area contributed by atoms with E-state index in [0.29, 0.717) is 0 Å². The third kappa shape index (κ3) is 12.7. The van der Waals surface area contributed by atoms with E-state index in [2.05, 4.69) is 441 Å². The van der Waals surface area contributed by atoms with Gasteiger partial charge in [-0.15, -0.1) is 0 Å². The highest BCUT2D eigenvalue weighted by Gasteiger charge is 2.25. The molecule has 9 heteroatoms. The second-order valence-electron chi connectivity index (χ2n) is 33.4. The maximum absolute atomic E-state index is 5.37. The van der Waals surface area contributed by atoms with Crippen LogP contribution in [0.25, 0.3) is 236 Å². The number of imidazole rings is 3. The van der Waals surface area contributed by atoms with Crippen molar-refractivity contribution < 1.29 is 0 Å². The second-order valence-corrected chi connectivity index (χ2v) is 33.4. The largest absolute Gasteiger partial charge is 0.296 e. The number of pyridine rings is 3. The van der Waals surface area contributed by atoms with Crippen molar-refractivity contribution in [2.45, 2.75) is 40.0 Å². The standard InChI is InChI=1S/2C42H29N3.C36H25N3/c1-2-39-43-37-23-9-10-24-38(37)45(39)30-16-12-14-28(26-30)27-13-11-15-29(25-27)42-41-34-20-6-4-18-32(34)31-17-3-5-19-33(31)40(41)35-21-7-8-22-36(35)44-42;1-2-39-43-37-20-9-10-21-38(37)45(39)30-24-22-27(23-25-30)28-12-11-13-29(26-28)42-41-34-17-6-4-15-32(34)31-14-3-5-16-33(31)40(41)35-18-7-8-19-36(35)44-42;1-2-33-37-31-20-9-10-21-32(31)39(33)24-13-11-12-23(22-24)36-35-28-17-6-4-15-26(28)25-14-3-5-16-27(25)34(35)29-18-7-8-19-30(29)38-36/h2*3-26H,2H2,1H3;3-22H,2H2,1H3. The molecule has 0 bridgehead atoms. The summed E-state index contributed by atoms with van der Waals surface area (Å²) >= 11 is 0. The molecule has 129 heavy (non-hydrogen) atoms. The Bertz CT molecular complexity index is 9040. The molecule has 0 spiro atoms. The Morgan fingerprint density at radius 3 is 0.721 bits per heavy atom. The Morgan fingerprint density at radius 2 is 0.395 bits per heavy atom. The maximum atomic E-state index is 5.37. The van der Waals surface area contributed by atoms with E-state index < -0.39 is 0 Å². The summed E-state index contributed by atoms with van der Waals surface area (Å²) in [6.45, 7) is 6.49. The van der Waals surface area contributed by atoms with Gasteiger partial charge in [-0.25, -0.2) is 29.9 Å². The van der Waals surface area contributed by atoms with Crippen molar-refractivity contribution in [2.75, 3.05) is 0 Å². The number of hydrogen-bond donors (Lipinski definition) is 0. The minimum Gasteiger partial charge on any atom is -0.296 e. The molecule has 0 radical (unpaired) electrons. The lowest BCUT2D eigenvalue weighted by Gasteiger charge is -2.17. The molecule has 0 aliphatic heterocycles. The van der Waals surface area contributed by atoms with Crippen molar-refractivity contribution in [2.24, 2.45) is 0 Å². The molecule has 6 heterocycles. The minimum atomic E-state index is 0.854. The topological polar surface area (TPSA) is 92.1 Å². The number of rotatable bonds is 11. The van der Waals surface area contributed by atoms with Crippen LogP contribution in [0.2, 0.25) is 0 Å². The quantitative estimate of drug-likeness (QED) is 0.120. The molecule has 0 N–H and O–H groups in total. The van der Waals surface area contributed by atoms with Crippen molar-refractivity contribution in [3.05, 3.63) is 430 Å². The minimum absolute atomic E-state index is 0.854. The van der Waals surface area contributed by atoms with Gasteiger partial charge in [0.15, 0.2) is 0 Å². The zero-order valence-corrected chi connectivity index (χ0v) is 71.4. The second kappa shape index (κ2) is 31.6. The third-order valence-electron chi connectivity index (χ3n) is 26.1. The fourth-order valence-corrected chi connectivity index (χ4v) is 20.4. The van der Waals surface area contributed by atoms with E-state index in [9.17, 15) is 0 Å². The van der Waals surface area contributed by atoms with Crippen LogP contribution in [0.3, 0.4) is 0 Å². The van der Waals surface area contributed by atoms with Crippen molar-refractivity contribution in [3.63, 3.8) is 0 Å². The van der Waals surface area contributed by atoms with Crippen LogP contribution in [0.15, 0.2) is 413 Å². The Morgan fingerprint density at radius 1 is 0.163 bits per heavy atom. The van der Waals surface area contributed by atoms with Crippen molar-refractivity contribution in [3.8, 4) is 73.1 Å². The van der Waals surface area contributed by atoms with E-state index in [0.717, 1.165) is 148 Å². The molecule has 6 aromatic heterocycles. The predicted octanol–water partition coefficient (Wildman–Crippen LogP) is 31.1. The lowest BCUT2D eigenvalue weighted by Crippen LogP contribution is -2.00. The number of fused-ring (bicyclic) bond motifs is 27. The lowest BCUT2D eigenvalue weighted by molar-refractivity contribution is 0.908. The molecular formula is C120H83N9. The number of benzene rings is 20. The molecule has 608 valence electrons. The van der Waals surface area contributed by atoms with Crippen LogP contribution in [-0.4, -0.2) is 43.6 Å². The van der Waals surface area contributed by atoms with Crippen LogP contribution in [0.1, 0.15) is 38.2 Å². The first-order valence-corrected chi connectivity index (χ1v) is 44.7. The van der Waals surface area contributed by atoms with Gasteiger partial charge in [0.2, 0.25) is 0 Å². The average molecular weight is 1650 g/mol. The first kappa shape index (κ1) is 76.1. The van der Waals surface area contributed by atoms with Crippen LogP contribution in [0.4, 0.5) is 0 Å². The highest BCUT2D eigenvalue weighted by molar-refractivity contribution is 6.36. The Kier molecular flexibility index (Phi) is 18.6. The van der Waals surface area contributed by atoms with Crippen LogP contribution in [0, 0.1) is 0 Å². The van der Waals surface area contributed by atoms with Crippen molar-refractivity contribution >= 4 is 163 Å². The molecule has 0 unspecified atom stereocenters. The summed E-state index contributed by atoms with van der Waals surface area (Å²) < 4.78 is 6.85. The van der Waals surface area contributed by atoms with Gasteiger partial charge in [0.25, 0.3) is 0 Å². The van der Waals surface area contributed by atoms with Crippen LogP contribution >= 0.6 is 0 Å². The summed E-state index contributed by atoms with van der Waals surface area (Å²) in [5, 5.41) is 26.0. The fraction of sp³-hybridized carbons (Fsp3) is 0.0500. The van der Waals surface area contributed by atoms with E-state index >= 15 is 0 Å². The van der Waals surface area contributed by atoms with Crippen LogP contribution < -0.4 is 0 Å². The summed E-state index contributed by atoms with van der Waals surface area (Å²) in [6, 6.07) is 147. The van der Waals surface area contributed by atoms with Gasteiger partial charge in [0.05, 0.1) is 66.7 Å². The monoisotopic (exact) mass is 1650 g/mol. The first-order chi connectivity index (χ1) is 63.9. The molecule has 20 aromatic carbocycles. The average Bonchev–Trinajstić information content (AvgIpc) is 1.19. The van der Waals surface area contributed by atoms with Gasteiger partial charge < -0.3 is 0 Å². The highest BCUT2D eigenvalue weighted by atomic mass is 15.1. The van der Waals surface area contributed by atoms with Crippen molar-refractivity contribution in [1.82, 2.24) is 43.6 Å². The smallest absolute Gasteiger partial charge is 0.114 e. The highest BCUT2D eigenvalue weighted by Crippen LogP contribution is 2.48. The molecular weight excluding hydrogens is 1570 g/mol. The summed E-state index contributed by atoms with van der Waals surface area (Å²) in [7, 11) is 0. The molecule has 0 fully saturated rings. The normalized spacial score (nSPS) is 11.8. The van der Waals surface area contributed by atoms with Crippen molar-refractivity contribution in [1.29, 1.82) is 0 Å². The molecule has 26 aromatic rings. The molecule has 0 saturated carbocycles. The zero-order chi connectivity index (χ0) is 85.7.